The maximum atomic E-state index is 11.6. The topological polar surface area (TPSA) is 67.9 Å². The summed E-state index contributed by atoms with van der Waals surface area (Å²) in [4.78, 5) is 16.1. The van der Waals surface area contributed by atoms with E-state index in [2.05, 4.69) is 33.9 Å². The number of rotatable bonds is 3. The molecule has 2 aromatic heterocycles. The van der Waals surface area contributed by atoms with Crippen LogP contribution in [-0.2, 0) is 4.79 Å². The molecule has 122 valence electrons. The molecule has 0 bridgehead atoms. The average Bonchev–Trinajstić information content (AvgIpc) is 3.07. The molecule has 25 heavy (non-hydrogen) atoms. The van der Waals surface area contributed by atoms with E-state index in [0.29, 0.717) is 11.3 Å². The van der Waals surface area contributed by atoms with Gasteiger partial charge in [-0.1, -0.05) is 24.8 Å². The number of fused-ring (bicyclic) bond motifs is 2. The van der Waals surface area contributed by atoms with Crippen molar-refractivity contribution in [1.29, 1.82) is 0 Å². The van der Waals surface area contributed by atoms with E-state index in [9.17, 15) is 4.79 Å². The first-order chi connectivity index (χ1) is 12.1. The molecule has 5 heteroatoms. The SMILES string of the molecule is C=C(C)C(=O)Oc1ccc(-c2ccc3nc4[nH]ncc4cc3c2)cc1. The Labute approximate surface area is 144 Å². The van der Waals surface area contributed by atoms with E-state index in [-0.39, 0.29) is 0 Å². The molecule has 0 aliphatic rings. The first-order valence-corrected chi connectivity index (χ1v) is 7.82. The number of pyridine rings is 1. The van der Waals surface area contributed by atoms with Crippen LogP contribution >= 0.6 is 0 Å². The van der Waals surface area contributed by atoms with Gasteiger partial charge in [0, 0.05) is 16.3 Å². The highest BCUT2D eigenvalue weighted by Gasteiger charge is 2.07. The van der Waals surface area contributed by atoms with E-state index in [4.69, 9.17) is 4.74 Å². The Hall–Kier alpha value is -3.47. The summed E-state index contributed by atoms with van der Waals surface area (Å²) in [6, 6.07) is 15.6. The monoisotopic (exact) mass is 329 g/mol. The van der Waals surface area contributed by atoms with Gasteiger partial charge < -0.3 is 4.74 Å². The molecule has 0 atom stereocenters. The van der Waals surface area contributed by atoms with Crippen molar-refractivity contribution in [1.82, 2.24) is 15.2 Å². The summed E-state index contributed by atoms with van der Waals surface area (Å²) in [5, 5.41) is 8.92. The number of ether oxygens (including phenoxy) is 1. The van der Waals surface area contributed by atoms with E-state index in [1.165, 1.54) is 0 Å². The second-order valence-corrected chi connectivity index (χ2v) is 5.90. The van der Waals surface area contributed by atoms with Crippen molar-refractivity contribution in [2.75, 3.05) is 0 Å². The molecule has 2 heterocycles. The number of benzene rings is 2. The second kappa shape index (κ2) is 5.87. The zero-order valence-corrected chi connectivity index (χ0v) is 13.6. The first-order valence-electron chi connectivity index (χ1n) is 7.82. The molecule has 0 unspecified atom stereocenters. The van der Waals surface area contributed by atoms with E-state index in [1.807, 2.05) is 24.3 Å². The molecular weight excluding hydrogens is 314 g/mol. The summed E-state index contributed by atoms with van der Waals surface area (Å²) >= 11 is 0. The molecule has 0 amide bonds. The Balaban J connectivity index is 1.67. The van der Waals surface area contributed by atoms with Crippen molar-refractivity contribution in [3.8, 4) is 16.9 Å². The molecule has 2 aromatic carbocycles. The quantitative estimate of drug-likeness (QED) is 0.346. The standard InChI is InChI=1S/C20H15N3O2/c1-12(2)20(24)25-17-6-3-13(4-7-17)14-5-8-18-15(9-14)10-16-11-21-23-19(16)22-18/h3-11H,1H2,2H3,(H,21,22,23). The van der Waals surface area contributed by atoms with Gasteiger partial charge in [0.25, 0.3) is 0 Å². The lowest BCUT2D eigenvalue weighted by atomic mass is 10.0. The number of H-pyrrole nitrogens is 1. The zero-order chi connectivity index (χ0) is 17.4. The average molecular weight is 329 g/mol. The van der Waals surface area contributed by atoms with Crippen molar-refractivity contribution >= 4 is 27.9 Å². The smallest absolute Gasteiger partial charge is 0.338 e. The van der Waals surface area contributed by atoms with E-state index < -0.39 is 5.97 Å². The summed E-state index contributed by atoms with van der Waals surface area (Å²) in [7, 11) is 0. The Morgan fingerprint density at radius 1 is 1.04 bits per heavy atom. The summed E-state index contributed by atoms with van der Waals surface area (Å²) in [5.74, 6) is 0.0768. The third kappa shape index (κ3) is 2.87. The largest absolute Gasteiger partial charge is 0.423 e. The predicted octanol–water partition coefficient (Wildman–Crippen LogP) is 4.26. The van der Waals surface area contributed by atoms with Gasteiger partial charge in [-0.25, -0.2) is 9.78 Å². The number of esters is 1. The Kier molecular flexibility index (Phi) is 3.54. The van der Waals surface area contributed by atoms with Crippen LogP contribution in [0.2, 0.25) is 0 Å². The molecule has 0 aliphatic carbocycles. The van der Waals surface area contributed by atoms with Gasteiger partial charge in [0.1, 0.15) is 5.75 Å². The molecular formula is C20H15N3O2. The molecule has 4 aromatic rings. The highest BCUT2D eigenvalue weighted by molar-refractivity contribution is 5.93. The van der Waals surface area contributed by atoms with Gasteiger partial charge in [-0.05, 0) is 48.4 Å². The Bertz CT molecular complexity index is 1110. The lowest BCUT2D eigenvalue weighted by Crippen LogP contribution is -2.07. The van der Waals surface area contributed by atoms with Crippen LogP contribution in [0.1, 0.15) is 6.92 Å². The molecule has 0 saturated carbocycles. The molecule has 0 spiro atoms. The number of aromatic nitrogens is 3. The summed E-state index contributed by atoms with van der Waals surface area (Å²) in [5.41, 5.74) is 4.16. The van der Waals surface area contributed by atoms with Crippen molar-refractivity contribution in [2.45, 2.75) is 6.92 Å². The van der Waals surface area contributed by atoms with Crippen LogP contribution in [-0.4, -0.2) is 21.2 Å². The van der Waals surface area contributed by atoms with E-state index >= 15 is 0 Å². The van der Waals surface area contributed by atoms with Crippen LogP contribution in [0.25, 0.3) is 33.1 Å². The number of nitrogens with zero attached hydrogens (tertiary/aromatic N) is 2. The summed E-state index contributed by atoms with van der Waals surface area (Å²) in [6.07, 6.45) is 1.76. The minimum absolute atomic E-state index is 0.372. The van der Waals surface area contributed by atoms with Crippen LogP contribution in [0.5, 0.6) is 5.75 Å². The minimum Gasteiger partial charge on any atom is -0.423 e. The van der Waals surface area contributed by atoms with Crippen molar-refractivity contribution in [3.63, 3.8) is 0 Å². The number of carbonyl (C=O) groups is 1. The van der Waals surface area contributed by atoms with E-state index in [0.717, 1.165) is 33.1 Å². The number of nitrogens with one attached hydrogen (secondary N) is 1. The van der Waals surface area contributed by atoms with Crippen LogP contribution < -0.4 is 4.74 Å². The fraction of sp³-hybridized carbons (Fsp3) is 0.0500. The normalized spacial score (nSPS) is 10.9. The third-order valence-corrected chi connectivity index (χ3v) is 3.96. The number of carbonyl (C=O) groups excluding carboxylic acids is 1. The van der Waals surface area contributed by atoms with Gasteiger partial charge >= 0.3 is 5.97 Å². The van der Waals surface area contributed by atoms with Gasteiger partial charge in [-0.15, -0.1) is 0 Å². The van der Waals surface area contributed by atoms with E-state index in [1.54, 1.807) is 25.3 Å². The maximum absolute atomic E-state index is 11.6. The highest BCUT2D eigenvalue weighted by Crippen LogP contribution is 2.27. The first kappa shape index (κ1) is 15.1. The predicted molar refractivity (Wildman–Crippen MR) is 97.3 cm³/mol. The van der Waals surface area contributed by atoms with Gasteiger partial charge in [0.15, 0.2) is 5.65 Å². The summed E-state index contributed by atoms with van der Waals surface area (Å²) in [6.45, 7) is 5.20. The van der Waals surface area contributed by atoms with Crippen LogP contribution in [0, 0.1) is 0 Å². The van der Waals surface area contributed by atoms with Gasteiger partial charge in [0.05, 0.1) is 11.7 Å². The zero-order valence-electron chi connectivity index (χ0n) is 13.6. The number of hydrogen-bond donors (Lipinski definition) is 1. The van der Waals surface area contributed by atoms with Gasteiger partial charge in [-0.2, -0.15) is 5.10 Å². The highest BCUT2D eigenvalue weighted by atomic mass is 16.5. The molecule has 0 aliphatic heterocycles. The fourth-order valence-corrected chi connectivity index (χ4v) is 2.63. The van der Waals surface area contributed by atoms with Crippen molar-refractivity contribution in [3.05, 3.63) is 66.9 Å². The fourth-order valence-electron chi connectivity index (χ4n) is 2.63. The van der Waals surface area contributed by atoms with Crippen LogP contribution in [0.4, 0.5) is 0 Å². The van der Waals surface area contributed by atoms with Crippen molar-refractivity contribution in [2.24, 2.45) is 0 Å². The van der Waals surface area contributed by atoms with Gasteiger partial charge in [0.2, 0.25) is 0 Å². The molecule has 0 fully saturated rings. The lowest BCUT2D eigenvalue weighted by molar-refractivity contribution is -0.130. The van der Waals surface area contributed by atoms with Crippen LogP contribution in [0.3, 0.4) is 0 Å². The Morgan fingerprint density at radius 2 is 1.80 bits per heavy atom. The third-order valence-electron chi connectivity index (χ3n) is 3.96. The molecule has 1 N–H and O–H groups in total. The molecule has 0 radical (unpaired) electrons. The maximum Gasteiger partial charge on any atom is 0.338 e. The lowest BCUT2D eigenvalue weighted by Gasteiger charge is -2.07. The number of aromatic amines is 1. The Morgan fingerprint density at radius 3 is 2.56 bits per heavy atom. The molecule has 5 nitrogen and oxygen atoms in total. The second-order valence-electron chi connectivity index (χ2n) is 5.90. The minimum atomic E-state index is -0.423. The van der Waals surface area contributed by atoms with Gasteiger partial charge in [-0.3, -0.25) is 5.10 Å². The molecule has 0 saturated heterocycles. The summed E-state index contributed by atoms with van der Waals surface area (Å²) < 4.78 is 5.22. The van der Waals surface area contributed by atoms with Crippen LogP contribution in [0.15, 0.2) is 66.9 Å². The number of hydrogen-bond acceptors (Lipinski definition) is 4. The van der Waals surface area contributed by atoms with Crippen molar-refractivity contribution < 1.29 is 9.53 Å². The molecule has 4 rings (SSSR count).